The zero-order chi connectivity index (χ0) is 16.8. The Kier molecular flexibility index (Phi) is 6.16. The number of nitrogens with zero attached hydrogens (tertiary/aromatic N) is 2. The van der Waals surface area contributed by atoms with E-state index in [4.69, 9.17) is 4.74 Å². The van der Waals surface area contributed by atoms with Gasteiger partial charge in [0.25, 0.3) is 0 Å². The highest BCUT2D eigenvalue weighted by Gasteiger charge is 2.33. The lowest BCUT2D eigenvalue weighted by molar-refractivity contribution is -0.143. The molecule has 1 aromatic rings. The van der Waals surface area contributed by atoms with Crippen LogP contribution in [0.15, 0.2) is 24.3 Å². The monoisotopic (exact) mass is 318 g/mol. The summed E-state index contributed by atoms with van der Waals surface area (Å²) in [4.78, 5) is 28.0. The molecule has 1 heterocycles. The molecule has 2 rings (SSSR count). The molecule has 0 saturated carbocycles. The fraction of sp³-hybridized carbons (Fsp3) is 0.556. The van der Waals surface area contributed by atoms with E-state index in [1.54, 1.807) is 9.80 Å². The van der Waals surface area contributed by atoms with Crippen LogP contribution in [0.1, 0.15) is 32.3 Å². The molecule has 1 atom stereocenters. The van der Waals surface area contributed by atoms with Gasteiger partial charge in [-0.3, -0.25) is 9.59 Å². The minimum Gasteiger partial charge on any atom is -0.372 e. The molecule has 0 N–H and O–H groups in total. The van der Waals surface area contributed by atoms with Crippen molar-refractivity contribution in [3.8, 4) is 0 Å². The van der Waals surface area contributed by atoms with Crippen LogP contribution in [0.25, 0.3) is 0 Å². The van der Waals surface area contributed by atoms with Crippen molar-refractivity contribution in [1.29, 1.82) is 0 Å². The number of unbranched alkanes of at least 4 members (excludes halogenated alkanes) is 1. The molecule has 1 saturated heterocycles. The molecular formula is C18H26N2O3. The van der Waals surface area contributed by atoms with E-state index in [0.717, 1.165) is 24.1 Å². The van der Waals surface area contributed by atoms with Crippen LogP contribution in [0.2, 0.25) is 0 Å². The summed E-state index contributed by atoms with van der Waals surface area (Å²) >= 11 is 0. The Bertz CT molecular complexity index is 542. The van der Waals surface area contributed by atoms with Crippen LogP contribution in [0.5, 0.6) is 0 Å². The molecule has 1 aromatic carbocycles. The van der Waals surface area contributed by atoms with E-state index in [2.05, 4.69) is 6.92 Å². The second-order valence-electron chi connectivity index (χ2n) is 6.12. The van der Waals surface area contributed by atoms with E-state index in [9.17, 15) is 9.59 Å². The molecular weight excluding hydrogens is 292 g/mol. The first-order valence-corrected chi connectivity index (χ1v) is 8.27. The number of piperazine rings is 1. The quantitative estimate of drug-likeness (QED) is 0.757. The van der Waals surface area contributed by atoms with Crippen molar-refractivity contribution in [2.75, 3.05) is 31.2 Å². The highest BCUT2D eigenvalue weighted by molar-refractivity contribution is 5.98. The van der Waals surface area contributed by atoms with Crippen molar-refractivity contribution in [3.05, 3.63) is 29.8 Å². The fourth-order valence-corrected chi connectivity index (χ4v) is 2.65. The van der Waals surface area contributed by atoms with Crippen LogP contribution in [0.4, 0.5) is 5.69 Å². The van der Waals surface area contributed by atoms with E-state index in [1.165, 1.54) is 0 Å². The molecule has 0 bridgehead atoms. The van der Waals surface area contributed by atoms with E-state index in [1.807, 2.05) is 38.1 Å². The summed E-state index contributed by atoms with van der Waals surface area (Å²) in [6.45, 7) is 7.35. The van der Waals surface area contributed by atoms with Gasteiger partial charge in [0.15, 0.2) is 0 Å². The predicted octanol–water partition coefficient (Wildman–Crippen LogP) is 2.38. The number of carbonyl (C=O) groups excluding carboxylic acids is 2. The Morgan fingerprint density at radius 1 is 1.30 bits per heavy atom. The number of amides is 2. The van der Waals surface area contributed by atoms with Crippen molar-refractivity contribution >= 4 is 17.5 Å². The van der Waals surface area contributed by atoms with Crippen LogP contribution >= 0.6 is 0 Å². The summed E-state index contributed by atoms with van der Waals surface area (Å²) in [6.07, 6.45) is 1.99. The topological polar surface area (TPSA) is 49.9 Å². The van der Waals surface area contributed by atoms with Gasteiger partial charge in [-0.1, -0.05) is 31.0 Å². The van der Waals surface area contributed by atoms with Crippen LogP contribution in [-0.2, 0) is 14.3 Å². The molecule has 2 amide bonds. The Labute approximate surface area is 138 Å². The molecule has 0 spiro atoms. The maximum atomic E-state index is 12.4. The van der Waals surface area contributed by atoms with Crippen LogP contribution in [0.3, 0.4) is 0 Å². The largest absolute Gasteiger partial charge is 0.372 e. The summed E-state index contributed by atoms with van der Waals surface area (Å²) < 4.78 is 5.38. The third kappa shape index (κ3) is 4.55. The van der Waals surface area contributed by atoms with E-state index >= 15 is 0 Å². The van der Waals surface area contributed by atoms with Gasteiger partial charge in [-0.15, -0.1) is 0 Å². The number of rotatable bonds is 6. The van der Waals surface area contributed by atoms with Crippen LogP contribution < -0.4 is 4.90 Å². The average molecular weight is 318 g/mol. The first-order chi connectivity index (χ1) is 11.0. The smallest absolute Gasteiger partial charge is 0.249 e. The molecule has 1 aliphatic rings. The summed E-state index contributed by atoms with van der Waals surface area (Å²) in [5, 5.41) is 0. The van der Waals surface area contributed by atoms with Gasteiger partial charge < -0.3 is 14.5 Å². The van der Waals surface area contributed by atoms with Crippen molar-refractivity contribution < 1.29 is 14.3 Å². The van der Waals surface area contributed by atoms with Crippen molar-refractivity contribution in [2.45, 2.75) is 39.7 Å². The lowest BCUT2D eigenvalue weighted by atomic mass is 10.1. The highest BCUT2D eigenvalue weighted by Crippen LogP contribution is 2.20. The van der Waals surface area contributed by atoms with Crippen molar-refractivity contribution in [1.82, 2.24) is 4.90 Å². The minimum absolute atomic E-state index is 0.0173. The van der Waals surface area contributed by atoms with E-state index in [-0.39, 0.29) is 31.0 Å². The maximum Gasteiger partial charge on any atom is 0.249 e. The number of anilines is 1. The Hall–Kier alpha value is -1.88. The Morgan fingerprint density at radius 2 is 2.00 bits per heavy atom. The second kappa shape index (κ2) is 8.11. The fourth-order valence-electron chi connectivity index (χ4n) is 2.65. The number of aryl methyl sites for hydroxylation is 1. The third-order valence-corrected chi connectivity index (χ3v) is 4.12. The number of hydrogen-bond donors (Lipinski definition) is 0. The molecule has 5 heteroatoms. The molecule has 5 nitrogen and oxygen atoms in total. The molecule has 1 unspecified atom stereocenters. The first kappa shape index (κ1) is 17.5. The lowest BCUT2D eigenvalue weighted by Gasteiger charge is -2.39. The zero-order valence-electron chi connectivity index (χ0n) is 14.2. The number of benzene rings is 1. The molecule has 0 aliphatic carbocycles. The summed E-state index contributed by atoms with van der Waals surface area (Å²) in [6, 6.07) is 7.87. The van der Waals surface area contributed by atoms with Gasteiger partial charge in [0.2, 0.25) is 11.8 Å². The van der Waals surface area contributed by atoms with Gasteiger partial charge in [0.1, 0.15) is 13.2 Å². The molecule has 0 radical (unpaired) electrons. The van der Waals surface area contributed by atoms with Gasteiger partial charge in [0, 0.05) is 24.9 Å². The molecule has 1 fully saturated rings. The van der Waals surface area contributed by atoms with Gasteiger partial charge in [-0.05, 0) is 32.4 Å². The van der Waals surface area contributed by atoms with Gasteiger partial charge in [-0.2, -0.15) is 0 Å². The van der Waals surface area contributed by atoms with E-state index in [0.29, 0.717) is 13.2 Å². The average Bonchev–Trinajstić information content (AvgIpc) is 2.54. The number of ether oxygens (including phenoxy) is 1. The Balaban J connectivity index is 1.95. The molecule has 126 valence electrons. The third-order valence-electron chi connectivity index (χ3n) is 4.12. The highest BCUT2D eigenvalue weighted by atomic mass is 16.5. The standard InChI is InChI=1S/C18H26N2O3/c1-4-5-10-23-13-18(22)19-12-17(21)20(11-15(19)3)16-8-6-14(2)7-9-16/h6-9,15H,4-5,10-13H2,1-3H3. The van der Waals surface area contributed by atoms with Gasteiger partial charge in [-0.25, -0.2) is 0 Å². The second-order valence-corrected chi connectivity index (χ2v) is 6.12. The lowest BCUT2D eigenvalue weighted by Crippen LogP contribution is -2.57. The van der Waals surface area contributed by atoms with Crippen molar-refractivity contribution in [2.24, 2.45) is 0 Å². The predicted molar refractivity (Wildman–Crippen MR) is 90.4 cm³/mol. The number of hydrogen-bond acceptors (Lipinski definition) is 3. The summed E-state index contributed by atoms with van der Waals surface area (Å²) in [5.41, 5.74) is 2.05. The summed E-state index contributed by atoms with van der Waals surface area (Å²) in [7, 11) is 0. The van der Waals surface area contributed by atoms with Crippen molar-refractivity contribution in [3.63, 3.8) is 0 Å². The van der Waals surface area contributed by atoms with Gasteiger partial charge >= 0.3 is 0 Å². The summed E-state index contributed by atoms with van der Waals surface area (Å²) in [5.74, 6) is -0.153. The first-order valence-electron chi connectivity index (χ1n) is 8.27. The number of carbonyl (C=O) groups is 2. The van der Waals surface area contributed by atoms with Crippen LogP contribution in [0, 0.1) is 6.92 Å². The van der Waals surface area contributed by atoms with Gasteiger partial charge in [0.05, 0.1) is 0 Å². The molecule has 1 aliphatic heterocycles. The SMILES string of the molecule is CCCCOCC(=O)N1CC(=O)N(c2ccc(C)cc2)CC1C. The normalized spacial score (nSPS) is 18.4. The molecule has 0 aromatic heterocycles. The Morgan fingerprint density at radius 3 is 2.65 bits per heavy atom. The zero-order valence-corrected chi connectivity index (χ0v) is 14.2. The minimum atomic E-state index is -0.106. The van der Waals surface area contributed by atoms with Crippen LogP contribution in [-0.4, -0.2) is 49.1 Å². The maximum absolute atomic E-state index is 12.4. The molecule has 23 heavy (non-hydrogen) atoms. The van der Waals surface area contributed by atoms with E-state index < -0.39 is 0 Å².